The van der Waals surface area contributed by atoms with E-state index in [-0.39, 0.29) is 18.2 Å². The highest BCUT2D eigenvalue weighted by molar-refractivity contribution is 5.36. The predicted molar refractivity (Wildman–Crippen MR) is 67.9 cm³/mol. The highest BCUT2D eigenvalue weighted by Gasteiger charge is 2.27. The molecule has 0 bridgehead atoms. The van der Waals surface area contributed by atoms with Crippen LogP contribution < -0.4 is 10.5 Å². The molecule has 1 aliphatic rings. The minimum atomic E-state index is -0.332. The van der Waals surface area contributed by atoms with Gasteiger partial charge in [0.25, 0.3) is 0 Å². The Balaban J connectivity index is 2.14. The Labute approximate surface area is 103 Å². The maximum Gasteiger partial charge on any atom is 0.124 e. The quantitative estimate of drug-likeness (QED) is 0.842. The Bertz CT molecular complexity index is 367. The summed E-state index contributed by atoms with van der Waals surface area (Å²) in [5, 5.41) is 9.78. The van der Waals surface area contributed by atoms with Crippen LogP contribution in [0, 0.1) is 0 Å². The summed E-state index contributed by atoms with van der Waals surface area (Å²) >= 11 is 0. The lowest BCUT2D eigenvalue weighted by atomic mass is 10.0. The van der Waals surface area contributed by atoms with Crippen LogP contribution in [0.25, 0.3) is 0 Å². The van der Waals surface area contributed by atoms with E-state index < -0.39 is 0 Å². The first-order chi connectivity index (χ1) is 8.22. The van der Waals surface area contributed by atoms with Gasteiger partial charge in [0.15, 0.2) is 0 Å². The first kappa shape index (κ1) is 12.4. The molecule has 3 atom stereocenters. The zero-order valence-electron chi connectivity index (χ0n) is 10.3. The topological polar surface area (TPSA) is 55.5 Å². The van der Waals surface area contributed by atoms with E-state index in [0.717, 1.165) is 37.0 Å². The second-order valence-corrected chi connectivity index (χ2v) is 4.71. The van der Waals surface area contributed by atoms with Crippen molar-refractivity contribution >= 4 is 0 Å². The molecule has 1 fully saturated rings. The number of benzene rings is 1. The molecule has 1 aromatic rings. The molecular weight excluding hydrogens is 214 g/mol. The molecule has 0 aromatic heterocycles. The monoisotopic (exact) mass is 235 g/mol. The van der Waals surface area contributed by atoms with Gasteiger partial charge in [0.1, 0.15) is 11.9 Å². The predicted octanol–water partition coefficient (Wildman–Crippen LogP) is 2.39. The van der Waals surface area contributed by atoms with Crippen molar-refractivity contribution in [3.63, 3.8) is 0 Å². The number of ether oxygens (including phenoxy) is 1. The lowest BCUT2D eigenvalue weighted by Crippen LogP contribution is -2.26. The van der Waals surface area contributed by atoms with E-state index in [1.807, 2.05) is 24.3 Å². The Morgan fingerprint density at radius 2 is 2.18 bits per heavy atom. The molecule has 3 heteroatoms. The maximum absolute atomic E-state index is 9.78. The normalized spacial score (nSPS) is 25.8. The van der Waals surface area contributed by atoms with Gasteiger partial charge in [0.05, 0.1) is 6.10 Å². The molecule has 0 amide bonds. The molecule has 0 saturated heterocycles. The number of para-hydroxylation sites is 1. The van der Waals surface area contributed by atoms with E-state index in [1.54, 1.807) is 0 Å². The third kappa shape index (κ3) is 2.79. The third-order valence-electron chi connectivity index (χ3n) is 3.45. The fraction of sp³-hybridized carbons (Fsp3) is 0.571. The van der Waals surface area contributed by atoms with E-state index in [4.69, 9.17) is 10.5 Å². The Morgan fingerprint density at radius 3 is 2.82 bits per heavy atom. The Morgan fingerprint density at radius 1 is 1.41 bits per heavy atom. The van der Waals surface area contributed by atoms with Crippen LogP contribution in [0.2, 0.25) is 0 Å². The van der Waals surface area contributed by atoms with Crippen molar-refractivity contribution < 1.29 is 9.84 Å². The molecule has 2 rings (SSSR count). The Kier molecular flexibility index (Phi) is 4.02. The van der Waals surface area contributed by atoms with Crippen LogP contribution >= 0.6 is 0 Å². The summed E-state index contributed by atoms with van der Waals surface area (Å²) < 4.78 is 5.91. The molecule has 0 heterocycles. The second kappa shape index (κ2) is 5.52. The van der Waals surface area contributed by atoms with E-state index >= 15 is 0 Å². The van der Waals surface area contributed by atoms with Crippen molar-refractivity contribution in [1.82, 2.24) is 0 Å². The SMILES string of the molecule is CCC(N)c1ccccc1OC1CCCC1O. The van der Waals surface area contributed by atoms with Crippen LogP contribution in [0.5, 0.6) is 5.75 Å². The van der Waals surface area contributed by atoms with Crippen LogP contribution in [-0.4, -0.2) is 17.3 Å². The van der Waals surface area contributed by atoms with Crippen LogP contribution in [0.15, 0.2) is 24.3 Å². The van der Waals surface area contributed by atoms with Crippen LogP contribution in [0.4, 0.5) is 0 Å². The molecule has 3 nitrogen and oxygen atoms in total. The van der Waals surface area contributed by atoms with Gasteiger partial charge in [-0.1, -0.05) is 25.1 Å². The first-order valence-electron chi connectivity index (χ1n) is 6.41. The lowest BCUT2D eigenvalue weighted by molar-refractivity contribution is 0.0595. The fourth-order valence-electron chi connectivity index (χ4n) is 2.32. The standard InChI is InChI=1S/C14H21NO2/c1-2-11(15)10-6-3-4-8-13(10)17-14-9-5-7-12(14)16/h3-4,6,8,11-12,14,16H,2,5,7,9,15H2,1H3. The largest absolute Gasteiger partial charge is 0.487 e. The van der Waals surface area contributed by atoms with Crippen molar-refractivity contribution in [1.29, 1.82) is 0 Å². The highest BCUT2D eigenvalue weighted by Crippen LogP contribution is 2.30. The summed E-state index contributed by atoms with van der Waals surface area (Å²) in [6.45, 7) is 2.06. The minimum Gasteiger partial charge on any atom is -0.487 e. The maximum atomic E-state index is 9.78. The van der Waals surface area contributed by atoms with Crippen molar-refractivity contribution in [3.05, 3.63) is 29.8 Å². The second-order valence-electron chi connectivity index (χ2n) is 4.71. The zero-order chi connectivity index (χ0) is 12.3. The van der Waals surface area contributed by atoms with E-state index in [2.05, 4.69) is 6.92 Å². The lowest BCUT2D eigenvalue weighted by Gasteiger charge is -2.21. The smallest absolute Gasteiger partial charge is 0.124 e. The fourth-order valence-corrected chi connectivity index (χ4v) is 2.32. The van der Waals surface area contributed by atoms with Gasteiger partial charge in [0, 0.05) is 11.6 Å². The Hall–Kier alpha value is -1.06. The number of hydrogen-bond acceptors (Lipinski definition) is 3. The molecule has 17 heavy (non-hydrogen) atoms. The van der Waals surface area contributed by atoms with E-state index in [9.17, 15) is 5.11 Å². The van der Waals surface area contributed by atoms with Gasteiger partial charge in [-0.2, -0.15) is 0 Å². The van der Waals surface area contributed by atoms with Crippen LogP contribution in [0.3, 0.4) is 0 Å². The number of hydrogen-bond donors (Lipinski definition) is 2. The summed E-state index contributed by atoms with van der Waals surface area (Å²) in [6.07, 6.45) is 3.28. The molecular formula is C14H21NO2. The summed E-state index contributed by atoms with van der Waals surface area (Å²) in [6, 6.07) is 7.87. The van der Waals surface area contributed by atoms with Gasteiger partial charge in [-0.05, 0) is 31.7 Å². The van der Waals surface area contributed by atoms with E-state index in [1.165, 1.54) is 0 Å². The molecule has 0 aliphatic heterocycles. The number of rotatable bonds is 4. The van der Waals surface area contributed by atoms with Crippen molar-refractivity contribution in [2.75, 3.05) is 0 Å². The number of nitrogens with two attached hydrogens (primary N) is 1. The van der Waals surface area contributed by atoms with Gasteiger partial charge in [-0.25, -0.2) is 0 Å². The summed E-state index contributed by atoms with van der Waals surface area (Å²) in [4.78, 5) is 0. The van der Waals surface area contributed by atoms with Crippen LogP contribution in [0.1, 0.15) is 44.2 Å². The van der Waals surface area contributed by atoms with Gasteiger partial charge in [-0.15, -0.1) is 0 Å². The molecule has 1 aromatic carbocycles. The van der Waals surface area contributed by atoms with Gasteiger partial charge in [-0.3, -0.25) is 0 Å². The van der Waals surface area contributed by atoms with Crippen molar-refractivity contribution in [2.45, 2.75) is 50.9 Å². The molecule has 3 N–H and O–H groups in total. The summed E-state index contributed by atoms with van der Waals surface area (Å²) in [5.41, 5.74) is 7.10. The molecule has 0 spiro atoms. The summed E-state index contributed by atoms with van der Waals surface area (Å²) in [7, 11) is 0. The molecule has 0 radical (unpaired) electrons. The van der Waals surface area contributed by atoms with Crippen molar-refractivity contribution in [2.24, 2.45) is 5.73 Å². The van der Waals surface area contributed by atoms with Gasteiger partial charge in [0.2, 0.25) is 0 Å². The van der Waals surface area contributed by atoms with Gasteiger partial charge < -0.3 is 15.6 Å². The van der Waals surface area contributed by atoms with Crippen molar-refractivity contribution in [3.8, 4) is 5.75 Å². The van der Waals surface area contributed by atoms with Crippen LogP contribution in [-0.2, 0) is 0 Å². The minimum absolute atomic E-state index is 0.00439. The average Bonchev–Trinajstić information content (AvgIpc) is 2.75. The highest BCUT2D eigenvalue weighted by atomic mass is 16.5. The average molecular weight is 235 g/mol. The molecule has 94 valence electrons. The molecule has 1 saturated carbocycles. The first-order valence-corrected chi connectivity index (χ1v) is 6.41. The number of aliphatic hydroxyl groups is 1. The zero-order valence-corrected chi connectivity index (χ0v) is 10.3. The van der Waals surface area contributed by atoms with Gasteiger partial charge >= 0.3 is 0 Å². The summed E-state index contributed by atoms with van der Waals surface area (Å²) in [5.74, 6) is 0.827. The van der Waals surface area contributed by atoms with E-state index in [0.29, 0.717) is 0 Å². The number of aliphatic hydroxyl groups excluding tert-OH is 1. The third-order valence-corrected chi connectivity index (χ3v) is 3.45. The molecule has 3 unspecified atom stereocenters. The molecule has 1 aliphatic carbocycles.